The van der Waals surface area contributed by atoms with Crippen LogP contribution in [0.2, 0.25) is 0 Å². The van der Waals surface area contributed by atoms with E-state index in [-0.39, 0.29) is 11.4 Å². The molecule has 10 heteroatoms. The minimum atomic E-state index is -1.68. The number of nitrogens with two attached hydrogens (primary N) is 1. The van der Waals surface area contributed by atoms with E-state index in [0.29, 0.717) is 16.9 Å². The Bertz CT molecular complexity index is 840. The van der Waals surface area contributed by atoms with Crippen molar-refractivity contribution in [3.05, 3.63) is 41.1 Å². The molecule has 0 spiro atoms. The van der Waals surface area contributed by atoms with Crippen LogP contribution in [-0.2, 0) is 19.1 Å². The van der Waals surface area contributed by atoms with Gasteiger partial charge in [0, 0.05) is 12.9 Å². The molecule has 2 heterocycles. The van der Waals surface area contributed by atoms with Gasteiger partial charge in [-0.15, -0.1) is 11.8 Å². The van der Waals surface area contributed by atoms with Gasteiger partial charge in [0.05, 0.1) is 0 Å². The number of aliphatic carboxylic acids is 1. The van der Waals surface area contributed by atoms with E-state index in [2.05, 4.69) is 5.32 Å². The Morgan fingerprint density at radius 2 is 2.04 bits per heavy atom. The van der Waals surface area contributed by atoms with E-state index in [1.807, 2.05) is 0 Å². The van der Waals surface area contributed by atoms with Crippen LogP contribution in [0.5, 0.6) is 5.75 Å². The molecule has 0 bridgehead atoms. The molecule has 3 rings (SSSR count). The van der Waals surface area contributed by atoms with E-state index in [0.717, 1.165) is 4.90 Å². The maximum atomic E-state index is 12.8. The highest BCUT2D eigenvalue weighted by atomic mass is 32.2. The lowest BCUT2D eigenvalue weighted by molar-refractivity contribution is -0.192. The number of carboxylic acid groups (broad SMARTS) is 1. The highest BCUT2D eigenvalue weighted by molar-refractivity contribution is 8.00. The smallest absolute Gasteiger partial charge is 0.352 e. The average molecular weight is 393 g/mol. The van der Waals surface area contributed by atoms with Crippen LogP contribution in [0.4, 0.5) is 0 Å². The number of phenolic OH excluding ortho intramolecular Hbond substituents is 1. The van der Waals surface area contributed by atoms with E-state index >= 15 is 0 Å². The third-order valence-electron chi connectivity index (χ3n) is 4.59. The number of nitrogens with one attached hydrogen (secondary N) is 1. The third kappa shape index (κ3) is 2.95. The Kier molecular flexibility index (Phi) is 4.89. The van der Waals surface area contributed by atoms with Crippen molar-refractivity contribution in [1.82, 2.24) is 10.2 Å². The molecular weight excluding hydrogens is 374 g/mol. The molecular formula is C17H19N3O6S. The molecule has 0 aliphatic carbocycles. The number of carboxylic acids is 1. The molecule has 3 atom stereocenters. The minimum absolute atomic E-state index is 0.0338. The van der Waals surface area contributed by atoms with E-state index in [9.17, 15) is 24.6 Å². The summed E-state index contributed by atoms with van der Waals surface area (Å²) in [5, 5.41) is 20.6. The number of methoxy groups -OCH3 is 1. The Hall–Kier alpha value is -2.56. The van der Waals surface area contributed by atoms with Gasteiger partial charge in [0.1, 0.15) is 22.9 Å². The number of ether oxygens (including phenoxy) is 1. The van der Waals surface area contributed by atoms with Crippen LogP contribution in [0.15, 0.2) is 35.5 Å². The zero-order valence-corrected chi connectivity index (χ0v) is 15.4. The molecule has 2 amide bonds. The van der Waals surface area contributed by atoms with Crippen LogP contribution in [0, 0.1) is 0 Å². The van der Waals surface area contributed by atoms with Crippen molar-refractivity contribution in [1.29, 1.82) is 0 Å². The molecule has 27 heavy (non-hydrogen) atoms. The highest BCUT2D eigenvalue weighted by Gasteiger charge is 2.66. The number of benzene rings is 1. The number of amides is 2. The van der Waals surface area contributed by atoms with Crippen molar-refractivity contribution in [2.75, 3.05) is 12.9 Å². The van der Waals surface area contributed by atoms with Gasteiger partial charge >= 0.3 is 5.97 Å². The number of hydrogen-bond donors (Lipinski definition) is 4. The number of phenols is 1. The molecule has 2 unspecified atom stereocenters. The molecule has 0 radical (unpaired) electrons. The normalized spacial score (nSPS) is 25.5. The summed E-state index contributed by atoms with van der Waals surface area (Å²) in [5.74, 6) is -2.10. The van der Waals surface area contributed by atoms with Crippen molar-refractivity contribution in [2.45, 2.75) is 24.1 Å². The molecule has 144 valence electrons. The SMILES string of the molecule is COC1(NC(=O)C(N)c2ccc(O)cc2)C(=O)N2C(C(=O)O)=C(C)CS[C@H]21. The number of thioether (sulfide) groups is 1. The number of aromatic hydroxyl groups is 1. The highest BCUT2D eigenvalue weighted by Crippen LogP contribution is 2.46. The Morgan fingerprint density at radius 3 is 2.59 bits per heavy atom. The van der Waals surface area contributed by atoms with E-state index in [1.165, 1.54) is 43.1 Å². The van der Waals surface area contributed by atoms with Gasteiger partial charge in [0.15, 0.2) is 0 Å². The maximum absolute atomic E-state index is 12.8. The summed E-state index contributed by atoms with van der Waals surface area (Å²) in [7, 11) is 1.27. The monoisotopic (exact) mass is 393 g/mol. The second kappa shape index (κ2) is 6.87. The molecule has 0 saturated carbocycles. The van der Waals surface area contributed by atoms with Crippen LogP contribution >= 0.6 is 11.8 Å². The maximum Gasteiger partial charge on any atom is 0.352 e. The lowest BCUT2D eigenvalue weighted by Crippen LogP contribution is -2.81. The number of rotatable bonds is 5. The van der Waals surface area contributed by atoms with E-state index < -0.39 is 34.9 Å². The molecule has 2 aliphatic rings. The first-order valence-electron chi connectivity index (χ1n) is 8.03. The van der Waals surface area contributed by atoms with Crippen LogP contribution < -0.4 is 11.1 Å². The lowest BCUT2D eigenvalue weighted by Gasteiger charge is -2.55. The van der Waals surface area contributed by atoms with Crippen LogP contribution in [0.1, 0.15) is 18.5 Å². The lowest BCUT2D eigenvalue weighted by atomic mass is 9.97. The van der Waals surface area contributed by atoms with Crippen molar-refractivity contribution in [3.8, 4) is 5.75 Å². The topological polar surface area (TPSA) is 142 Å². The van der Waals surface area contributed by atoms with Gasteiger partial charge < -0.3 is 26.0 Å². The molecule has 0 aromatic heterocycles. The first-order valence-corrected chi connectivity index (χ1v) is 9.07. The number of hydrogen-bond acceptors (Lipinski definition) is 7. The second-order valence-electron chi connectivity index (χ2n) is 6.27. The summed E-state index contributed by atoms with van der Waals surface area (Å²) in [4.78, 5) is 38.0. The fourth-order valence-corrected chi connectivity index (χ4v) is 4.51. The van der Waals surface area contributed by atoms with Gasteiger partial charge in [-0.1, -0.05) is 12.1 Å². The largest absolute Gasteiger partial charge is 0.508 e. The summed E-state index contributed by atoms with van der Waals surface area (Å²) < 4.78 is 5.34. The molecule has 2 aliphatic heterocycles. The first kappa shape index (κ1) is 19.2. The van der Waals surface area contributed by atoms with Crippen molar-refractivity contribution >= 4 is 29.5 Å². The Labute approximate surface area is 159 Å². The second-order valence-corrected chi connectivity index (χ2v) is 7.34. The van der Waals surface area contributed by atoms with Crippen molar-refractivity contribution in [2.24, 2.45) is 5.73 Å². The fraction of sp³-hybridized carbons (Fsp3) is 0.353. The fourth-order valence-electron chi connectivity index (χ4n) is 3.13. The summed E-state index contributed by atoms with van der Waals surface area (Å²) in [6.45, 7) is 1.64. The van der Waals surface area contributed by atoms with Gasteiger partial charge in [-0.3, -0.25) is 14.5 Å². The van der Waals surface area contributed by atoms with Gasteiger partial charge in [-0.05, 0) is 30.2 Å². The average Bonchev–Trinajstić information content (AvgIpc) is 2.65. The Morgan fingerprint density at radius 1 is 1.41 bits per heavy atom. The van der Waals surface area contributed by atoms with Gasteiger partial charge in [-0.2, -0.15) is 0 Å². The van der Waals surface area contributed by atoms with Crippen LogP contribution in [-0.4, -0.2) is 56.9 Å². The van der Waals surface area contributed by atoms with Gasteiger partial charge in [0.2, 0.25) is 5.91 Å². The van der Waals surface area contributed by atoms with Crippen molar-refractivity contribution in [3.63, 3.8) is 0 Å². The zero-order valence-electron chi connectivity index (χ0n) is 14.6. The predicted octanol–water partition coefficient (Wildman–Crippen LogP) is 0.125. The van der Waals surface area contributed by atoms with E-state index in [4.69, 9.17) is 10.5 Å². The number of fused-ring (bicyclic) bond motifs is 1. The summed E-state index contributed by atoms with van der Waals surface area (Å²) in [6.07, 6.45) is 0. The quantitative estimate of drug-likeness (QED) is 0.408. The summed E-state index contributed by atoms with van der Waals surface area (Å²) >= 11 is 1.30. The summed E-state index contributed by atoms with van der Waals surface area (Å²) in [5.41, 5.74) is 5.19. The number of carbonyl (C=O) groups excluding carboxylic acids is 2. The van der Waals surface area contributed by atoms with Gasteiger partial charge in [0.25, 0.3) is 11.6 Å². The first-order chi connectivity index (χ1) is 12.7. The molecule has 1 aromatic carbocycles. The number of nitrogens with zero attached hydrogens (tertiary/aromatic N) is 1. The van der Waals surface area contributed by atoms with Crippen molar-refractivity contribution < 1.29 is 29.3 Å². The molecule has 5 N–H and O–H groups in total. The third-order valence-corrected chi connectivity index (χ3v) is 6.05. The number of carbonyl (C=O) groups is 3. The van der Waals surface area contributed by atoms with E-state index in [1.54, 1.807) is 6.92 Å². The number of β-lactam (4-membered cyclic amide) rings is 1. The molecule has 9 nitrogen and oxygen atoms in total. The zero-order chi connectivity index (χ0) is 19.9. The predicted molar refractivity (Wildman–Crippen MR) is 96.3 cm³/mol. The summed E-state index contributed by atoms with van der Waals surface area (Å²) in [6, 6.07) is 4.70. The van der Waals surface area contributed by atoms with Crippen LogP contribution in [0.3, 0.4) is 0 Å². The molecule has 1 fully saturated rings. The van der Waals surface area contributed by atoms with Crippen LogP contribution in [0.25, 0.3) is 0 Å². The minimum Gasteiger partial charge on any atom is -0.508 e. The molecule has 1 aromatic rings. The standard InChI is InChI=1S/C17H19N3O6S/c1-8-7-27-16-17(26-2,15(25)20(16)12(8)14(23)24)19-13(22)11(18)9-3-5-10(21)6-4-9/h3-6,11,16,21H,7,18H2,1-2H3,(H,19,22)(H,23,24)/t11?,16-,17?/m0/s1. The molecule has 1 saturated heterocycles. The Balaban J connectivity index is 1.83. The van der Waals surface area contributed by atoms with Gasteiger partial charge in [-0.25, -0.2) is 4.79 Å².